The first kappa shape index (κ1) is 32.6. The average molecular weight is 641 g/mol. The number of nitrogens with zero attached hydrogens (tertiary/aromatic N) is 3. The second kappa shape index (κ2) is 14.5. The number of methoxy groups -OCH3 is 1. The summed E-state index contributed by atoms with van der Waals surface area (Å²) in [5.74, 6) is 0.0774. The molecule has 0 aliphatic rings. The number of ether oxygens (including phenoxy) is 4. The van der Waals surface area contributed by atoms with Gasteiger partial charge in [-0.05, 0) is 46.9 Å². The number of nitrogens with one attached hydrogen (secondary N) is 1. The highest BCUT2D eigenvalue weighted by atomic mass is 35.5. The van der Waals surface area contributed by atoms with E-state index in [4.69, 9.17) is 30.5 Å². The van der Waals surface area contributed by atoms with Crippen molar-refractivity contribution in [1.29, 1.82) is 0 Å². The highest BCUT2D eigenvalue weighted by Gasteiger charge is 2.23. The van der Waals surface area contributed by atoms with Crippen molar-refractivity contribution in [2.45, 2.75) is 44.1 Å². The molecule has 232 valence electrons. The van der Waals surface area contributed by atoms with Gasteiger partial charge >= 0.3 is 5.97 Å². The fourth-order valence-electron chi connectivity index (χ4n) is 3.92. The molecule has 2 aromatic heterocycles. The minimum Gasteiger partial charge on any atom is -0.497 e. The maximum Gasteiger partial charge on any atom is 0.310 e. The van der Waals surface area contributed by atoms with Crippen LogP contribution in [-0.4, -0.2) is 49.7 Å². The molecule has 2 aromatic carbocycles. The molecule has 0 radical (unpaired) electrons. The van der Waals surface area contributed by atoms with E-state index in [2.05, 4.69) is 19.7 Å². The van der Waals surface area contributed by atoms with E-state index in [1.54, 1.807) is 54.9 Å². The van der Waals surface area contributed by atoms with Crippen molar-refractivity contribution in [2.24, 2.45) is 0 Å². The molecule has 0 unspecified atom stereocenters. The number of carbonyl (C=O) groups is 1. The lowest BCUT2D eigenvalue weighted by molar-refractivity contribution is -0.144. The minimum atomic E-state index is -4.08. The van der Waals surface area contributed by atoms with Gasteiger partial charge in [0.2, 0.25) is 0 Å². The molecule has 1 N–H and O–H groups in total. The van der Waals surface area contributed by atoms with Gasteiger partial charge in [0.25, 0.3) is 10.0 Å². The van der Waals surface area contributed by atoms with E-state index in [-0.39, 0.29) is 64.6 Å². The lowest BCUT2D eigenvalue weighted by Gasteiger charge is -2.19. The van der Waals surface area contributed by atoms with Crippen molar-refractivity contribution in [3.05, 3.63) is 95.2 Å². The average Bonchev–Trinajstić information content (AvgIpc) is 2.99. The van der Waals surface area contributed by atoms with Gasteiger partial charge in [-0.3, -0.25) is 14.5 Å². The fourth-order valence-corrected chi connectivity index (χ4v) is 5.08. The number of hydrogen-bond donors (Lipinski definition) is 1. The van der Waals surface area contributed by atoms with Crippen LogP contribution in [0.1, 0.15) is 37.6 Å². The normalized spacial score (nSPS) is 11.6. The molecule has 0 atom stereocenters. The van der Waals surface area contributed by atoms with Crippen molar-refractivity contribution < 1.29 is 32.2 Å². The van der Waals surface area contributed by atoms with Crippen molar-refractivity contribution in [3.8, 4) is 17.2 Å². The predicted molar refractivity (Wildman–Crippen MR) is 165 cm³/mol. The van der Waals surface area contributed by atoms with Gasteiger partial charge in [0.05, 0.1) is 36.7 Å². The van der Waals surface area contributed by atoms with Crippen molar-refractivity contribution in [1.82, 2.24) is 15.0 Å². The first-order valence-corrected chi connectivity index (χ1v) is 15.4. The van der Waals surface area contributed by atoms with Crippen LogP contribution in [0.5, 0.6) is 17.2 Å². The number of aromatic nitrogens is 3. The molecule has 11 nitrogen and oxygen atoms in total. The van der Waals surface area contributed by atoms with Gasteiger partial charge in [-0.1, -0.05) is 50.6 Å². The van der Waals surface area contributed by atoms with Crippen LogP contribution in [0, 0.1) is 0 Å². The summed E-state index contributed by atoms with van der Waals surface area (Å²) >= 11 is 6.38. The zero-order valence-electron chi connectivity index (χ0n) is 24.7. The van der Waals surface area contributed by atoms with Crippen LogP contribution in [0.4, 0.5) is 5.82 Å². The van der Waals surface area contributed by atoms with Crippen LogP contribution in [0.2, 0.25) is 5.02 Å². The van der Waals surface area contributed by atoms with E-state index in [9.17, 15) is 13.2 Å². The van der Waals surface area contributed by atoms with Crippen molar-refractivity contribution >= 4 is 33.4 Å². The van der Waals surface area contributed by atoms with Gasteiger partial charge < -0.3 is 18.9 Å². The Hall–Kier alpha value is -4.26. The van der Waals surface area contributed by atoms with E-state index in [1.807, 2.05) is 20.8 Å². The molecule has 0 bridgehead atoms. The number of hydrogen-bond acceptors (Lipinski definition) is 10. The lowest BCUT2D eigenvalue weighted by Crippen LogP contribution is -2.17. The molecule has 0 saturated heterocycles. The number of anilines is 1. The van der Waals surface area contributed by atoms with E-state index >= 15 is 0 Å². The molecular formula is C31H33ClN4O7S. The van der Waals surface area contributed by atoms with Gasteiger partial charge in [-0.2, -0.15) is 0 Å². The summed E-state index contributed by atoms with van der Waals surface area (Å²) < 4.78 is 51.6. The van der Waals surface area contributed by atoms with Crippen LogP contribution >= 0.6 is 11.6 Å². The first-order valence-electron chi connectivity index (χ1n) is 13.6. The Bertz CT molecular complexity index is 1680. The molecule has 0 spiro atoms. The van der Waals surface area contributed by atoms with Crippen molar-refractivity contribution in [3.63, 3.8) is 0 Å². The summed E-state index contributed by atoms with van der Waals surface area (Å²) in [7, 11) is -2.58. The number of benzene rings is 2. The van der Waals surface area contributed by atoms with Crippen LogP contribution in [-0.2, 0) is 42.7 Å². The monoisotopic (exact) mass is 640 g/mol. The molecule has 44 heavy (non-hydrogen) atoms. The lowest BCUT2D eigenvalue weighted by atomic mass is 9.87. The van der Waals surface area contributed by atoms with Gasteiger partial charge in [0.15, 0.2) is 11.6 Å². The highest BCUT2D eigenvalue weighted by Crippen LogP contribution is 2.37. The molecule has 2 heterocycles. The molecule has 0 fully saturated rings. The smallest absolute Gasteiger partial charge is 0.310 e. The van der Waals surface area contributed by atoms with E-state index < -0.39 is 16.0 Å². The van der Waals surface area contributed by atoms with Gasteiger partial charge in [0, 0.05) is 18.5 Å². The van der Waals surface area contributed by atoms with E-state index in [1.165, 1.54) is 25.6 Å². The Morgan fingerprint density at radius 2 is 1.80 bits per heavy atom. The molecule has 13 heteroatoms. The molecular weight excluding hydrogens is 608 g/mol. The fraction of sp³-hybridized carbons (Fsp3) is 0.290. The number of esters is 1. The standard InChI is InChI=1S/C31H33ClN4O7S/c1-31(2,3)22-7-10-24(11-8-22)44(38,39)36-30-29(43-27-17-23(40-4)9-12-25(27)32)26(34-20-35-30)19-41-14-15-42-28(37)16-21-6-5-13-33-18-21/h5-13,17-18,20H,14-16,19H2,1-4H3,(H,34,35,36). The van der Waals surface area contributed by atoms with E-state index in [0.717, 1.165) is 11.1 Å². The number of rotatable bonds is 13. The summed E-state index contributed by atoms with van der Waals surface area (Å²) in [6.45, 7) is 6.04. The third-order valence-corrected chi connectivity index (χ3v) is 7.96. The van der Waals surface area contributed by atoms with Gasteiger partial charge in [0.1, 0.15) is 30.1 Å². The topological polar surface area (TPSA) is 139 Å². The van der Waals surface area contributed by atoms with Crippen LogP contribution in [0.3, 0.4) is 0 Å². The number of carbonyl (C=O) groups excluding carboxylic acids is 1. The number of pyridine rings is 1. The minimum absolute atomic E-state index is 0.00781. The first-order chi connectivity index (χ1) is 21.0. The third-order valence-electron chi connectivity index (χ3n) is 6.29. The SMILES string of the molecule is COc1ccc(Cl)c(Oc2c(COCCOC(=O)Cc3cccnc3)ncnc2NS(=O)(=O)c2ccc(C(C)(C)C)cc2)c1. The Kier molecular flexibility index (Phi) is 10.7. The summed E-state index contributed by atoms with van der Waals surface area (Å²) in [5, 5.41) is 0.244. The van der Waals surface area contributed by atoms with Crippen LogP contribution in [0.15, 0.2) is 78.2 Å². The summed E-state index contributed by atoms with van der Waals surface area (Å²) in [6.07, 6.45) is 4.49. The summed E-state index contributed by atoms with van der Waals surface area (Å²) in [6, 6.07) is 14.9. The van der Waals surface area contributed by atoms with Crippen LogP contribution in [0.25, 0.3) is 0 Å². The number of sulfonamides is 1. The predicted octanol–water partition coefficient (Wildman–Crippen LogP) is 5.73. The van der Waals surface area contributed by atoms with E-state index in [0.29, 0.717) is 5.75 Å². The second-order valence-electron chi connectivity index (χ2n) is 10.6. The Morgan fingerprint density at radius 1 is 1.02 bits per heavy atom. The second-order valence-corrected chi connectivity index (χ2v) is 12.7. The molecule has 0 aliphatic heterocycles. The summed E-state index contributed by atoms with van der Waals surface area (Å²) in [5.41, 5.74) is 1.79. The van der Waals surface area contributed by atoms with Crippen molar-refractivity contribution in [2.75, 3.05) is 25.0 Å². The largest absolute Gasteiger partial charge is 0.497 e. The maximum absolute atomic E-state index is 13.4. The molecule has 0 aliphatic carbocycles. The van der Waals surface area contributed by atoms with Gasteiger partial charge in [-0.25, -0.2) is 18.4 Å². The molecule has 4 rings (SSSR count). The molecule has 0 saturated carbocycles. The summed E-state index contributed by atoms with van der Waals surface area (Å²) in [4.78, 5) is 24.5. The molecule has 4 aromatic rings. The maximum atomic E-state index is 13.4. The molecule has 0 amide bonds. The quantitative estimate of drug-likeness (QED) is 0.142. The Balaban J connectivity index is 1.52. The van der Waals surface area contributed by atoms with Gasteiger partial charge in [-0.15, -0.1) is 0 Å². The highest BCUT2D eigenvalue weighted by molar-refractivity contribution is 7.92. The number of halogens is 1. The third kappa shape index (κ3) is 8.88. The zero-order valence-corrected chi connectivity index (χ0v) is 26.3. The zero-order chi connectivity index (χ0) is 31.7. The Morgan fingerprint density at radius 3 is 2.48 bits per heavy atom. The van der Waals surface area contributed by atoms with Crippen LogP contribution < -0.4 is 14.2 Å². The Labute approximate surface area is 261 Å².